The summed E-state index contributed by atoms with van der Waals surface area (Å²) in [5.41, 5.74) is 4.02. The number of aromatic nitrogens is 1. The Bertz CT molecular complexity index is 621. The molecule has 96 valence electrons. The fourth-order valence-electron chi connectivity index (χ4n) is 2.47. The van der Waals surface area contributed by atoms with Crippen LogP contribution < -0.4 is 5.32 Å². The van der Waals surface area contributed by atoms with Crippen molar-refractivity contribution in [1.29, 1.82) is 0 Å². The summed E-state index contributed by atoms with van der Waals surface area (Å²) in [5, 5.41) is 12.1. The first-order chi connectivity index (χ1) is 9.24. The van der Waals surface area contributed by atoms with Crippen LogP contribution in [0.25, 0.3) is 0 Å². The van der Waals surface area contributed by atoms with Gasteiger partial charge in [-0.2, -0.15) is 0 Å². The van der Waals surface area contributed by atoms with Crippen LogP contribution in [-0.2, 0) is 12.8 Å². The molecular weight excluding hydrogens is 240 g/mol. The number of anilines is 2. The van der Waals surface area contributed by atoms with E-state index in [0.29, 0.717) is 5.82 Å². The predicted octanol–water partition coefficient (Wildman–Crippen LogP) is 3.01. The van der Waals surface area contributed by atoms with Crippen molar-refractivity contribution in [2.75, 3.05) is 5.32 Å². The van der Waals surface area contributed by atoms with E-state index in [1.54, 1.807) is 12.1 Å². The maximum Gasteiger partial charge on any atom is 0.337 e. The van der Waals surface area contributed by atoms with Crippen molar-refractivity contribution in [3.63, 3.8) is 0 Å². The number of hydrogen-bond acceptors (Lipinski definition) is 3. The summed E-state index contributed by atoms with van der Waals surface area (Å²) >= 11 is 0. The fourth-order valence-corrected chi connectivity index (χ4v) is 2.47. The van der Waals surface area contributed by atoms with E-state index in [1.165, 1.54) is 23.7 Å². The number of aryl methyl sites for hydroxylation is 1. The monoisotopic (exact) mass is 254 g/mol. The molecule has 2 N–H and O–H groups in total. The molecule has 0 radical (unpaired) electrons. The molecule has 1 aromatic carbocycles. The summed E-state index contributed by atoms with van der Waals surface area (Å²) in [6.45, 7) is 0. The average molecular weight is 254 g/mol. The Hall–Kier alpha value is -2.36. The summed E-state index contributed by atoms with van der Waals surface area (Å²) in [6.07, 6.45) is 4.79. The van der Waals surface area contributed by atoms with E-state index < -0.39 is 5.97 Å². The number of pyridine rings is 1. The highest BCUT2D eigenvalue weighted by atomic mass is 16.4. The molecule has 0 aliphatic heterocycles. The first-order valence-corrected chi connectivity index (χ1v) is 6.31. The predicted molar refractivity (Wildman–Crippen MR) is 72.9 cm³/mol. The lowest BCUT2D eigenvalue weighted by atomic mass is 10.1. The van der Waals surface area contributed by atoms with Crippen molar-refractivity contribution < 1.29 is 9.90 Å². The molecular formula is C15H14N2O2. The minimum absolute atomic E-state index is 0.198. The van der Waals surface area contributed by atoms with Crippen LogP contribution >= 0.6 is 0 Å². The minimum atomic E-state index is -0.959. The molecule has 0 saturated heterocycles. The third-order valence-corrected chi connectivity index (χ3v) is 3.42. The van der Waals surface area contributed by atoms with E-state index >= 15 is 0 Å². The van der Waals surface area contributed by atoms with Gasteiger partial charge in [-0.05, 0) is 48.6 Å². The first-order valence-electron chi connectivity index (χ1n) is 6.31. The van der Waals surface area contributed by atoms with E-state index in [2.05, 4.69) is 16.4 Å². The fraction of sp³-hybridized carbons (Fsp3) is 0.200. The highest BCUT2D eigenvalue weighted by Crippen LogP contribution is 2.30. The third-order valence-electron chi connectivity index (χ3n) is 3.42. The van der Waals surface area contributed by atoms with Crippen molar-refractivity contribution in [1.82, 2.24) is 4.98 Å². The van der Waals surface area contributed by atoms with Crippen molar-refractivity contribution >= 4 is 17.5 Å². The van der Waals surface area contributed by atoms with Gasteiger partial charge < -0.3 is 10.4 Å². The lowest BCUT2D eigenvalue weighted by Crippen LogP contribution is -2.00. The molecule has 3 rings (SSSR count). The largest absolute Gasteiger partial charge is 0.478 e. The molecule has 0 unspecified atom stereocenters. The molecule has 0 bridgehead atoms. The summed E-state index contributed by atoms with van der Waals surface area (Å²) in [6, 6.07) is 9.49. The van der Waals surface area contributed by atoms with Crippen LogP contribution in [0.1, 0.15) is 27.9 Å². The van der Waals surface area contributed by atoms with Crippen LogP contribution in [0, 0.1) is 0 Å². The Balaban J connectivity index is 1.86. The van der Waals surface area contributed by atoms with Gasteiger partial charge in [-0.1, -0.05) is 12.1 Å². The van der Waals surface area contributed by atoms with E-state index in [9.17, 15) is 4.79 Å². The van der Waals surface area contributed by atoms with Crippen LogP contribution in [0.4, 0.5) is 11.5 Å². The number of hydrogen-bond donors (Lipinski definition) is 2. The number of nitrogens with zero attached hydrogens (tertiary/aromatic N) is 1. The second-order valence-electron chi connectivity index (χ2n) is 4.66. The summed E-state index contributed by atoms with van der Waals surface area (Å²) < 4.78 is 0. The van der Waals surface area contributed by atoms with Gasteiger partial charge in [-0.3, -0.25) is 0 Å². The van der Waals surface area contributed by atoms with E-state index in [-0.39, 0.29) is 5.56 Å². The summed E-state index contributed by atoms with van der Waals surface area (Å²) in [5.74, 6) is -0.287. The van der Waals surface area contributed by atoms with Crippen LogP contribution in [-0.4, -0.2) is 16.1 Å². The van der Waals surface area contributed by atoms with Gasteiger partial charge in [-0.25, -0.2) is 9.78 Å². The molecule has 1 aliphatic carbocycles. The average Bonchev–Trinajstić information content (AvgIpc) is 2.89. The van der Waals surface area contributed by atoms with Gasteiger partial charge in [0.05, 0.1) is 5.56 Å². The number of carboxylic acids is 1. The van der Waals surface area contributed by atoms with E-state index in [0.717, 1.165) is 18.5 Å². The van der Waals surface area contributed by atoms with Gasteiger partial charge in [0.1, 0.15) is 5.82 Å². The molecule has 4 heteroatoms. The molecule has 0 amide bonds. The Labute approximate surface area is 111 Å². The zero-order valence-corrected chi connectivity index (χ0v) is 10.4. The molecule has 2 aromatic rings. The molecule has 1 aliphatic rings. The van der Waals surface area contributed by atoms with Crippen molar-refractivity contribution in [3.8, 4) is 0 Å². The van der Waals surface area contributed by atoms with Crippen LogP contribution in [0.5, 0.6) is 0 Å². The normalized spacial score (nSPS) is 13.1. The molecule has 0 fully saturated rings. The minimum Gasteiger partial charge on any atom is -0.478 e. The van der Waals surface area contributed by atoms with Gasteiger partial charge in [0.25, 0.3) is 0 Å². The van der Waals surface area contributed by atoms with Crippen molar-refractivity contribution in [2.45, 2.75) is 19.3 Å². The Morgan fingerprint density at radius 2 is 2.11 bits per heavy atom. The van der Waals surface area contributed by atoms with Crippen LogP contribution in [0.15, 0.2) is 36.5 Å². The zero-order chi connectivity index (χ0) is 13.2. The number of carbonyl (C=O) groups is 1. The Morgan fingerprint density at radius 3 is 2.84 bits per heavy atom. The smallest absolute Gasteiger partial charge is 0.337 e. The van der Waals surface area contributed by atoms with Crippen molar-refractivity contribution in [2.24, 2.45) is 0 Å². The van der Waals surface area contributed by atoms with Gasteiger partial charge in [0.2, 0.25) is 0 Å². The number of fused-ring (bicyclic) bond motifs is 1. The Morgan fingerprint density at radius 1 is 1.21 bits per heavy atom. The summed E-state index contributed by atoms with van der Waals surface area (Å²) in [7, 11) is 0. The molecule has 4 nitrogen and oxygen atoms in total. The maximum absolute atomic E-state index is 10.8. The number of rotatable bonds is 3. The van der Waals surface area contributed by atoms with Crippen molar-refractivity contribution in [3.05, 3.63) is 53.2 Å². The SMILES string of the molecule is O=C(O)c1ccc(Nc2cccc3c2CCC3)nc1. The molecule has 0 atom stereocenters. The molecule has 1 heterocycles. The zero-order valence-electron chi connectivity index (χ0n) is 10.4. The Kier molecular flexibility index (Phi) is 2.91. The highest BCUT2D eigenvalue weighted by molar-refractivity contribution is 5.87. The van der Waals surface area contributed by atoms with Gasteiger partial charge in [0, 0.05) is 11.9 Å². The van der Waals surface area contributed by atoms with Gasteiger partial charge in [0.15, 0.2) is 0 Å². The first kappa shape index (κ1) is 11.7. The summed E-state index contributed by atoms with van der Waals surface area (Å²) in [4.78, 5) is 14.9. The van der Waals surface area contributed by atoms with Gasteiger partial charge >= 0.3 is 5.97 Å². The topological polar surface area (TPSA) is 62.2 Å². The second kappa shape index (κ2) is 4.72. The van der Waals surface area contributed by atoms with Crippen LogP contribution in [0.2, 0.25) is 0 Å². The molecule has 1 aromatic heterocycles. The number of carboxylic acid groups (broad SMARTS) is 1. The maximum atomic E-state index is 10.8. The lowest BCUT2D eigenvalue weighted by molar-refractivity contribution is 0.0696. The van der Waals surface area contributed by atoms with Crippen LogP contribution in [0.3, 0.4) is 0 Å². The molecule has 0 spiro atoms. The lowest BCUT2D eigenvalue weighted by Gasteiger charge is -2.10. The van der Waals surface area contributed by atoms with E-state index in [1.807, 2.05) is 12.1 Å². The second-order valence-corrected chi connectivity index (χ2v) is 4.66. The highest BCUT2D eigenvalue weighted by Gasteiger charge is 2.14. The number of nitrogens with one attached hydrogen (secondary N) is 1. The molecule has 0 saturated carbocycles. The standard InChI is InChI=1S/C15H14N2O2/c18-15(19)11-7-8-14(16-9-11)17-13-6-2-4-10-3-1-5-12(10)13/h2,4,6-9H,1,3,5H2,(H,16,17)(H,18,19). The van der Waals surface area contributed by atoms with Gasteiger partial charge in [-0.15, -0.1) is 0 Å². The number of benzene rings is 1. The molecule has 19 heavy (non-hydrogen) atoms. The van der Waals surface area contributed by atoms with E-state index in [4.69, 9.17) is 5.11 Å². The quantitative estimate of drug-likeness (QED) is 0.883. The third kappa shape index (κ3) is 2.29. The number of aromatic carboxylic acids is 1.